The predicted molar refractivity (Wildman–Crippen MR) is 85.0 cm³/mol. The Bertz CT molecular complexity index is 530. The quantitative estimate of drug-likeness (QED) is 0.898. The second-order valence-corrected chi connectivity index (χ2v) is 6.52. The maximum Gasteiger partial charge on any atom is 0.161 e. The number of nitriles is 1. The lowest BCUT2D eigenvalue weighted by atomic mass is 9.86. The number of hydrogen-bond acceptors (Lipinski definition) is 4. The van der Waals surface area contributed by atoms with Crippen LogP contribution in [0, 0.1) is 17.2 Å². The smallest absolute Gasteiger partial charge is 0.161 e. The molecule has 104 valence electrons. The number of rotatable bonds is 2. The molecule has 4 heteroatoms. The molecule has 0 spiro atoms. The predicted octanol–water partition coefficient (Wildman–Crippen LogP) is 3.83. The van der Waals surface area contributed by atoms with E-state index in [1.165, 1.54) is 31.4 Å². The number of amidine groups is 1. The maximum atomic E-state index is 8.67. The van der Waals surface area contributed by atoms with Crippen LogP contribution in [0.1, 0.15) is 31.2 Å². The van der Waals surface area contributed by atoms with Crippen LogP contribution >= 0.6 is 11.8 Å². The summed E-state index contributed by atoms with van der Waals surface area (Å²) in [5.41, 5.74) is 2.12. The van der Waals surface area contributed by atoms with Crippen LogP contribution in [-0.2, 0) is 6.42 Å². The Kier molecular flexibility index (Phi) is 4.27. The van der Waals surface area contributed by atoms with Gasteiger partial charge >= 0.3 is 0 Å². The van der Waals surface area contributed by atoms with Gasteiger partial charge in [-0.3, -0.25) is 4.99 Å². The van der Waals surface area contributed by atoms with Crippen LogP contribution in [0.2, 0.25) is 0 Å². The molecule has 1 heterocycles. The van der Waals surface area contributed by atoms with Crippen molar-refractivity contribution in [3.63, 3.8) is 0 Å². The van der Waals surface area contributed by atoms with Crippen LogP contribution < -0.4 is 5.32 Å². The first kappa shape index (κ1) is 13.5. The largest absolute Gasteiger partial charge is 0.335 e. The number of aliphatic imine (C=N–C) groups is 1. The highest BCUT2D eigenvalue weighted by molar-refractivity contribution is 8.14. The highest BCUT2D eigenvalue weighted by atomic mass is 32.2. The van der Waals surface area contributed by atoms with Crippen molar-refractivity contribution in [2.75, 3.05) is 11.1 Å². The lowest BCUT2D eigenvalue weighted by Crippen LogP contribution is -2.31. The van der Waals surface area contributed by atoms with Crippen LogP contribution in [0.4, 0.5) is 5.69 Å². The summed E-state index contributed by atoms with van der Waals surface area (Å²) in [6.07, 6.45) is 5.76. The van der Waals surface area contributed by atoms with Crippen LogP contribution in [0.3, 0.4) is 0 Å². The van der Waals surface area contributed by atoms with Crippen LogP contribution in [0.15, 0.2) is 29.3 Å². The van der Waals surface area contributed by atoms with E-state index in [-0.39, 0.29) is 0 Å². The summed E-state index contributed by atoms with van der Waals surface area (Å²) in [6.45, 7) is 0. The molecule has 3 nitrogen and oxygen atoms in total. The Labute approximate surface area is 124 Å². The van der Waals surface area contributed by atoms with Gasteiger partial charge in [0.2, 0.25) is 0 Å². The number of thioether (sulfide) groups is 1. The molecule has 1 aromatic rings. The lowest BCUT2D eigenvalue weighted by Gasteiger charge is -2.32. The molecule has 0 saturated heterocycles. The van der Waals surface area contributed by atoms with Crippen LogP contribution in [0.5, 0.6) is 0 Å². The van der Waals surface area contributed by atoms with E-state index in [4.69, 9.17) is 10.3 Å². The van der Waals surface area contributed by atoms with Crippen molar-refractivity contribution in [1.82, 2.24) is 0 Å². The van der Waals surface area contributed by atoms with Crippen molar-refractivity contribution in [2.45, 2.75) is 38.1 Å². The Morgan fingerprint density at radius 2 is 2.05 bits per heavy atom. The molecule has 0 amide bonds. The molecule has 1 aliphatic carbocycles. The minimum Gasteiger partial charge on any atom is -0.335 e. The second-order valence-electron chi connectivity index (χ2n) is 5.51. The summed E-state index contributed by atoms with van der Waals surface area (Å²) in [6, 6.07) is 10.8. The minimum absolute atomic E-state index is 0.472. The zero-order chi connectivity index (χ0) is 13.8. The number of nitrogens with one attached hydrogen (secondary N) is 1. The standard InChI is InChI=1S/C16H19N3S/c17-10-9-12-5-7-14(8-6-12)18-16-19-15-4-2-1-3-13(15)11-20-16/h5-8,13,15H,1-4,9,11H2,(H,18,19). The maximum absolute atomic E-state index is 8.67. The fourth-order valence-corrected chi connectivity index (χ4v) is 4.08. The molecule has 1 saturated carbocycles. The average Bonchev–Trinajstić information content (AvgIpc) is 2.49. The fourth-order valence-electron chi connectivity index (χ4n) is 2.92. The molecule has 2 unspecified atom stereocenters. The molecule has 1 aliphatic heterocycles. The topological polar surface area (TPSA) is 48.2 Å². The van der Waals surface area contributed by atoms with E-state index in [0.717, 1.165) is 22.3 Å². The molecule has 0 radical (unpaired) electrons. The molecule has 20 heavy (non-hydrogen) atoms. The van der Waals surface area contributed by atoms with E-state index < -0.39 is 0 Å². The first-order valence-electron chi connectivity index (χ1n) is 7.28. The molecule has 2 atom stereocenters. The monoisotopic (exact) mass is 285 g/mol. The van der Waals surface area contributed by atoms with Gasteiger partial charge in [-0.15, -0.1) is 0 Å². The second kappa shape index (κ2) is 6.32. The summed E-state index contributed by atoms with van der Waals surface area (Å²) in [4.78, 5) is 4.87. The van der Waals surface area contributed by atoms with E-state index in [1.54, 1.807) is 0 Å². The molecular formula is C16H19N3S. The first-order chi connectivity index (χ1) is 9.85. The summed E-state index contributed by atoms with van der Waals surface area (Å²) >= 11 is 1.84. The summed E-state index contributed by atoms with van der Waals surface area (Å²) < 4.78 is 0. The lowest BCUT2D eigenvalue weighted by molar-refractivity contribution is 0.336. The van der Waals surface area contributed by atoms with Gasteiger partial charge in [0.1, 0.15) is 0 Å². The third kappa shape index (κ3) is 3.16. The van der Waals surface area contributed by atoms with Gasteiger partial charge in [0.25, 0.3) is 0 Å². The molecule has 3 rings (SSSR count). The molecule has 0 aromatic heterocycles. The molecule has 1 fully saturated rings. The zero-order valence-corrected chi connectivity index (χ0v) is 12.3. The Hall–Kier alpha value is -1.47. The van der Waals surface area contributed by atoms with Crippen molar-refractivity contribution >= 4 is 22.6 Å². The fraction of sp³-hybridized carbons (Fsp3) is 0.500. The number of fused-ring (bicyclic) bond motifs is 1. The zero-order valence-electron chi connectivity index (χ0n) is 11.5. The van der Waals surface area contributed by atoms with E-state index in [9.17, 15) is 0 Å². The van der Waals surface area contributed by atoms with Gasteiger partial charge in [-0.2, -0.15) is 5.26 Å². The minimum atomic E-state index is 0.472. The van der Waals surface area contributed by atoms with Gasteiger partial charge in [-0.05, 0) is 36.5 Å². The number of anilines is 1. The van der Waals surface area contributed by atoms with E-state index in [1.807, 2.05) is 36.0 Å². The molecule has 2 aliphatic rings. The van der Waals surface area contributed by atoms with Crippen LogP contribution in [-0.4, -0.2) is 17.0 Å². The third-order valence-electron chi connectivity index (χ3n) is 4.07. The summed E-state index contributed by atoms with van der Waals surface area (Å²) in [5, 5.41) is 13.1. The van der Waals surface area contributed by atoms with Crippen molar-refractivity contribution in [3.05, 3.63) is 29.8 Å². The van der Waals surface area contributed by atoms with Gasteiger partial charge in [-0.25, -0.2) is 0 Å². The van der Waals surface area contributed by atoms with Gasteiger partial charge in [0.15, 0.2) is 5.17 Å². The molecular weight excluding hydrogens is 266 g/mol. The summed E-state index contributed by atoms with van der Waals surface area (Å²) in [7, 11) is 0. The molecule has 0 bridgehead atoms. The van der Waals surface area contributed by atoms with E-state index >= 15 is 0 Å². The van der Waals surface area contributed by atoms with Gasteiger partial charge in [0.05, 0.1) is 18.5 Å². The summed E-state index contributed by atoms with van der Waals surface area (Å²) in [5.74, 6) is 1.99. The highest BCUT2D eigenvalue weighted by Gasteiger charge is 2.28. The van der Waals surface area contributed by atoms with Crippen LogP contribution in [0.25, 0.3) is 0 Å². The van der Waals surface area contributed by atoms with Gasteiger partial charge < -0.3 is 5.32 Å². The van der Waals surface area contributed by atoms with E-state index in [0.29, 0.717) is 12.5 Å². The van der Waals surface area contributed by atoms with Crippen molar-refractivity contribution in [1.29, 1.82) is 5.26 Å². The normalized spacial score (nSPS) is 25.2. The number of nitrogens with zero attached hydrogens (tertiary/aromatic N) is 2. The third-order valence-corrected chi connectivity index (χ3v) is 5.15. The Morgan fingerprint density at radius 1 is 1.25 bits per heavy atom. The number of benzene rings is 1. The Balaban J connectivity index is 1.65. The van der Waals surface area contributed by atoms with Crippen molar-refractivity contribution in [2.24, 2.45) is 10.9 Å². The molecule has 1 N–H and O–H groups in total. The van der Waals surface area contributed by atoms with Crippen molar-refractivity contribution in [3.8, 4) is 6.07 Å². The van der Waals surface area contributed by atoms with Gasteiger partial charge in [-0.1, -0.05) is 36.7 Å². The van der Waals surface area contributed by atoms with Crippen molar-refractivity contribution < 1.29 is 0 Å². The first-order valence-corrected chi connectivity index (χ1v) is 8.27. The Morgan fingerprint density at radius 3 is 2.85 bits per heavy atom. The SMILES string of the molecule is N#CCc1ccc(NC2=NC3CCCCC3CS2)cc1. The van der Waals surface area contributed by atoms with E-state index in [2.05, 4.69) is 11.4 Å². The average molecular weight is 285 g/mol. The van der Waals surface area contributed by atoms with Gasteiger partial charge in [0, 0.05) is 11.4 Å². The number of hydrogen-bond donors (Lipinski definition) is 1. The molecule has 1 aromatic carbocycles. The highest BCUT2D eigenvalue weighted by Crippen LogP contribution is 2.34.